The van der Waals surface area contributed by atoms with Gasteiger partial charge in [0.15, 0.2) is 16.7 Å². The van der Waals surface area contributed by atoms with Gasteiger partial charge in [0, 0.05) is 29.5 Å². The van der Waals surface area contributed by atoms with Crippen LogP contribution in [0.2, 0.25) is 0 Å². The van der Waals surface area contributed by atoms with E-state index < -0.39 is 29.3 Å². The number of pyridine rings is 1. The van der Waals surface area contributed by atoms with Gasteiger partial charge in [-0.25, -0.2) is 9.37 Å². The molecule has 1 N–H and O–H groups in total. The van der Waals surface area contributed by atoms with Crippen LogP contribution in [0, 0.1) is 5.82 Å². The Kier molecular flexibility index (Phi) is 5.51. The maximum Gasteiger partial charge on any atom is 0.301 e. The molecule has 4 rings (SSSR count). The van der Waals surface area contributed by atoms with Gasteiger partial charge in [0.1, 0.15) is 5.76 Å². The number of rotatable bonds is 5. The van der Waals surface area contributed by atoms with Gasteiger partial charge in [-0.05, 0) is 43.7 Å². The third-order valence-electron chi connectivity index (χ3n) is 4.64. The Balaban J connectivity index is 1.86. The van der Waals surface area contributed by atoms with Crippen LogP contribution in [-0.4, -0.2) is 32.9 Å². The largest absolute Gasteiger partial charge is 0.507 e. The van der Waals surface area contributed by atoms with E-state index in [1.165, 1.54) is 40.8 Å². The number of Topliss-reactive ketones (excluding diaryl/α,β-unsaturated/α-hetero) is 1. The van der Waals surface area contributed by atoms with Gasteiger partial charge in [-0.3, -0.25) is 19.5 Å². The number of aliphatic hydroxyl groups is 1. The number of hydrogen-bond donors (Lipinski definition) is 1. The standard InChI is InChI=1S/C22H18FN3O4S/c1-12(2)30-16-6-5-13(10-15(16)23)19(27)17-18(14-4-3-7-24-11-14)26(21(29)20(17)28)22-25-8-9-31-22/h3-12,18,27H,1-2H3/b19-17+. The second-order valence-electron chi connectivity index (χ2n) is 7.08. The summed E-state index contributed by atoms with van der Waals surface area (Å²) >= 11 is 1.18. The van der Waals surface area contributed by atoms with Crippen LogP contribution in [0.1, 0.15) is 31.0 Å². The second kappa shape index (κ2) is 8.27. The van der Waals surface area contributed by atoms with E-state index in [4.69, 9.17) is 4.74 Å². The van der Waals surface area contributed by atoms with Crippen LogP contribution >= 0.6 is 11.3 Å². The molecule has 1 aliphatic heterocycles. The van der Waals surface area contributed by atoms with Crippen molar-refractivity contribution in [2.24, 2.45) is 0 Å². The van der Waals surface area contributed by atoms with Crippen molar-refractivity contribution in [3.63, 3.8) is 0 Å². The van der Waals surface area contributed by atoms with Gasteiger partial charge in [-0.2, -0.15) is 0 Å². The molecular weight excluding hydrogens is 421 g/mol. The number of carbonyl (C=O) groups excluding carboxylic acids is 2. The molecule has 1 aliphatic rings. The van der Waals surface area contributed by atoms with Crippen molar-refractivity contribution < 1.29 is 23.8 Å². The molecule has 158 valence electrons. The van der Waals surface area contributed by atoms with Gasteiger partial charge in [0.25, 0.3) is 5.78 Å². The van der Waals surface area contributed by atoms with Crippen LogP contribution in [0.5, 0.6) is 5.75 Å². The third-order valence-corrected chi connectivity index (χ3v) is 5.41. The van der Waals surface area contributed by atoms with E-state index in [9.17, 15) is 19.1 Å². The zero-order valence-corrected chi connectivity index (χ0v) is 17.5. The quantitative estimate of drug-likeness (QED) is 0.366. The van der Waals surface area contributed by atoms with E-state index in [-0.39, 0.29) is 23.0 Å². The summed E-state index contributed by atoms with van der Waals surface area (Å²) in [7, 11) is 0. The Morgan fingerprint density at radius 3 is 2.68 bits per heavy atom. The summed E-state index contributed by atoms with van der Waals surface area (Å²) < 4.78 is 19.9. The van der Waals surface area contributed by atoms with Crippen LogP contribution in [0.4, 0.5) is 9.52 Å². The van der Waals surface area contributed by atoms with Gasteiger partial charge in [0.05, 0.1) is 17.7 Å². The molecule has 1 saturated heterocycles. The summed E-state index contributed by atoms with van der Waals surface area (Å²) in [6, 6.07) is 6.29. The zero-order valence-electron chi connectivity index (χ0n) is 16.7. The van der Waals surface area contributed by atoms with Crippen molar-refractivity contribution in [3.8, 4) is 5.75 Å². The van der Waals surface area contributed by atoms with Gasteiger partial charge < -0.3 is 9.84 Å². The van der Waals surface area contributed by atoms with Crippen molar-refractivity contribution in [1.82, 2.24) is 9.97 Å². The lowest BCUT2D eigenvalue weighted by molar-refractivity contribution is -0.132. The van der Waals surface area contributed by atoms with Crippen molar-refractivity contribution in [3.05, 3.63) is 76.8 Å². The Morgan fingerprint density at radius 2 is 2.06 bits per heavy atom. The summed E-state index contributed by atoms with van der Waals surface area (Å²) in [5.41, 5.74) is 0.406. The fourth-order valence-electron chi connectivity index (χ4n) is 3.37. The predicted octanol–water partition coefficient (Wildman–Crippen LogP) is 4.09. The monoisotopic (exact) mass is 439 g/mol. The SMILES string of the molecule is CC(C)Oc1ccc(/C(O)=C2\C(=O)C(=O)N(c3nccs3)C2c2cccnc2)cc1F. The van der Waals surface area contributed by atoms with E-state index >= 15 is 0 Å². The van der Waals surface area contributed by atoms with E-state index in [0.717, 1.165) is 6.07 Å². The highest BCUT2D eigenvalue weighted by atomic mass is 32.1. The van der Waals surface area contributed by atoms with Crippen LogP contribution in [0.25, 0.3) is 5.76 Å². The number of amides is 1. The number of ether oxygens (including phenoxy) is 1. The summed E-state index contributed by atoms with van der Waals surface area (Å²) in [6.07, 6.45) is 4.35. The molecule has 7 nitrogen and oxygen atoms in total. The van der Waals surface area contributed by atoms with Crippen LogP contribution in [0.3, 0.4) is 0 Å². The molecule has 3 heterocycles. The Labute approximate surface area is 181 Å². The fourth-order valence-corrected chi connectivity index (χ4v) is 4.04. The Hall–Kier alpha value is -3.59. The highest BCUT2D eigenvalue weighted by Gasteiger charge is 2.48. The molecule has 0 saturated carbocycles. The first-order chi connectivity index (χ1) is 14.9. The predicted molar refractivity (Wildman–Crippen MR) is 113 cm³/mol. The van der Waals surface area contributed by atoms with Crippen LogP contribution in [0.15, 0.2) is 59.9 Å². The summed E-state index contributed by atoms with van der Waals surface area (Å²) in [6.45, 7) is 3.53. The number of halogens is 1. The molecule has 1 atom stereocenters. The normalized spacial score (nSPS) is 18.1. The van der Waals surface area contributed by atoms with Gasteiger partial charge in [-0.15, -0.1) is 11.3 Å². The maximum atomic E-state index is 14.5. The fraction of sp³-hybridized carbons (Fsp3) is 0.182. The summed E-state index contributed by atoms with van der Waals surface area (Å²) in [5, 5.41) is 13.0. The van der Waals surface area contributed by atoms with Crippen molar-refractivity contribution >= 4 is 33.9 Å². The van der Waals surface area contributed by atoms with E-state index in [2.05, 4.69) is 9.97 Å². The molecule has 1 aromatic carbocycles. The molecule has 0 bridgehead atoms. The molecule has 0 aliphatic carbocycles. The number of benzene rings is 1. The van der Waals surface area contributed by atoms with Crippen molar-refractivity contribution in [1.29, 1.82) is 0 Å². The number of hydrogen-bond acceptors (Lipinski definition) is 7. The lowest BCUT2D eigenvalue weighted by atomic mass is 9.96. The third kappa shape index (κ3) is 3.79. The van der Waals surface area contributed by atoms with E-state index in [0.29, 0.717) is 10.7 Å². The first-order valence-corrected chi connectivity index (χ1v) is 10.3. The zero-order chi connectivity index (χ0) is 22.1. The minimum absolute atomic E-state index is 0.0265. The lowest BCUT2D eigenvalue weighted by Gasteiger charge is -2.22. The van der Waals surface area contributed by atoms with E-state index in [1.54, 1.807) is 37.6 Å². The molecule has 0 radical (unpaired) electrons. The number of ketones is 1. The first-order valence-electron chi connectivity index (χ1n) is 9.45. The topological polar surface area (TPSA) is 92.6 Å². The number of anilines is 1. The number of aliphatic hydroxyl groups excluding tert-OH is 1. The summed E-state index contributed by atoms with van der Waals surface area (Å²) in [5.74, 6) is -2.86. The highest BCUT2D eigenvalue weighted by molar-refractivity contribution is 7.14. The number of carbonyl (C=O) groups is 2. The highest BCUT2D eigenvalue weighted by Crippen LogP contribution is 2.42. The number of nitrogens with zero attached hydrogens (tertiary/aromatic N) is 3. The molecule has 0 spiro atoms. The molecule has 31 heavy (non-hydrogen) atoms. The molecule has 1 unspecified atom stereocenters. The average molecular weight is 439 g/mol. The smallest absolute Gasteiger partial charge is 0.301 e. The minimum atomic E-state index is -0.950. The van der Waals surface area contributed by atoms with Crippen LogP contribution in [-0.2, 0) is 9.59 Å². The van der Waals surface area contributed by atoms with Gasteiger partial charge in [0.2, 0.25) is 0 Å². The molecule has 9 heteroatoms. The molecule has 2 aromatic heterocycles. The molecular formula is C22H18FN3O4S. The number of thiazole rings is 1. The molecule has 3 aromatic rings. The van der Waals surface area contributed by atoms with Crippen molar-refractivity contribution in [2.45, 2.75) is 26.0 Å². The Bertz CT molecular complexity index is 1160. The molecule has 1 amide bonds. The second-order valence-corrected chi connectivity index (χ2v) is 7.95. The summed E-state index contributed by atoms with van der Waals surface area (Å²) in [4.78, 5) is 35.2. The minimum Gasteiger partial charge on any atom is -0.507 e. The van der Waals surface area contributed by atoms with E-state index in [1.807, 2.05) is 0 Å². The maximum absolute atomic E-state index is 14.5. The van der Waals surface area contributed by atoms with Gasteiger partial charge >= 0.3 is 5.91 Å². The lowest BCUT2D eigenvalue weighted by Crippen LogP contribution is -2.29. The Morgan fingerprint density at radius 1 is 1.26 bits per heavy atom. The number of aromatic nitrogens is 2. The first kappa shape index (κ1) is 20.7. The van der Waals surface area contributed by atoms with Gasteiger partial charge in [-0.1, -0.05) is 6.07 Å². The van der Waals surface area contributed by atoms with Crippen LogP contribution < -0.4 is 9.64 Å². The molecule has 1 fully saturated rings. The average Bonchev–Trinajstić information content (AvgIpc) is 3.36. The van der Waals surface area contributed by atoms with Crippen molar-refractivity contribution in [2.75, 3.05) is 4.90 Å².